The van der Waals surface area contributed by atoms with Crippen LogP contribution in [0, 0.1) is 0 Å². The van der Waals surface area contributed by atoms with Gasteiger partial charge in [0, 0.05) is 25.7 Å². The molecule has 1 amide bonds. The molecule has 0 unspecified atom stereocenters. The van der Waals surface area contributed by atoms with Crippen LogP contribution in [0.5, 0.6) is 0 Å². The van der Waals surface area contributed by atoms with E-state index in [2.05, 4.69) is 17.0 Å². The summed E-state index contributed by atoms with van der Waals surface area (Å²) >= 11 is 0. The minimum atomic E-state index is 0.0645. The fourth-order valence-electron chi connectivity index (χ4n) is 2.13. The molecule has 0 spiro atoms. The largest absolute Gasteiger partial charge is 0.340 e. The van der Waals surface area contributed by atoms with Crippen LogP contribution in [0.1, 0.15) is 10.4 Å². The quantitative estimate of drug-likeness (QED) is 0.841. The summed E-state index contributed by atoms with van der Waals surface area (Å²) in [5.74, 6) is 0.0645. The van der Waals surface area contributed by atoms with Gasteiger partial charge in [-0.1, -0.05) is 42.5 Å². The van der Waals surface area contributed by atoms with E-state index < -0.39 is 0 Å². The number of amides is 1. The zero-order chi connectivity index (χ0) is 15.2. The van der Waals surface area contributed by atoms with E-state index in [0.717, 1.165) is 29.8 Å². The van der Waals surface area contributed by atoms with E-state index in [4.69, 9.17) is 0 Å². The molecule has 0 saturated heterocycles. The number of nitrogens with zero attached hydrogens (tertiary/aromatic N) is 2. The van der Waals surface area contributed by atoms with Gasteiger partial charge in [0.2, 0.25) is 0 Å². The SMILES string of the molecule is CN(C)CCN(C)C(=O)c1cccc(-c2ccccc2)c1. The highest BCUT2D eigenvalue weighted by atomic mass is 16.2. The molecule has 0 aliphatic rings. The fourth-order valence-corrected chi connectivity index (χ4v) is 2.13. The van der Waals surface area contributed by atoms with Crippen LogP contribution in [-0.2, 0) is 0 Å². The maximum absolute atomic E-state index is 12.4. The zero-order valence-electron chi connectivity index (χ0n) is 12.9. The Bertz CT molecular complexity index is 593. The molecule has 2 rings (SSSR count). The first-order chi connectivity index (χ1) is 10.1. The minimum absolute atomic E-state index is 0.0645. The predicted molar refractivity (Wildman–Crippen MR) is 87.4 cm³/mol. The average molecular weight is 282 g/mol. The van der Waals surface area contributed by atoms with Crippen LogP contribution < -0.4 is 0 Å². The van der Waals surface area contributed by atoms with Gasteiger partial charge in [-0.05, 0) is 37.4 Å². The molecule has 0 aliphatic heterocycles. The second kappa shape index (κ2) is 7.04. The Morgan fingerprint density at radius 2 is 1.52 bits per heavy atom. The summed E-state index contributed by atoms with van der Waals surface area (Å²) in [5.41, 5.74) is 2.93. The van der Waals surface area contributed by atoms with Crippen LogP contribution in [0.3, 0.4) is 0 Å². The van der Waals surface area contributed by atoms with Gasteiger partial charge < -0.3 is 9.80 Å². The van der Waals surface area contributed by atoms with Crippen molar-refractivity contribution in [1.82, 2.24) is 9.80 Å². The maximum Gasteiger partial charge on any atom is 0.253 e. The van der Waals surface area contributed by atoms with Crippen molar-refractivity contribution in [2.24, 2.45) is 0 Å². The lowest BCUT2D eigenvalue weighted by atomic mass is 10.0. The van der Waals surface area contributed by atoms with E-state index in [1.165, 1.54) is 0 Å². The molecule has 0 heterocycles. The first-order valence-corrected chi connectivity index (χ1v) is 7.13. The molecule has 0 fully saturated rings. The number of hydrogen-bond donors (Lipinski definition) is 0. The van der Waals surface area contributed by atoms with Gasteiger partial charge in [0.15, 0.2) is 0 Å². The topological polar surface area (TPSA) is 23.6 Å². The maximum atomic E-state index is 12.4. The second-order valence-corrected chi connectivity index (χ2v) is 5.48. The van der Waals surface area contributed by atoms with E-state index in [0.29, 0.717) is 0 Å². The molecular formula is C18H22N2O. The van der Waals surface area contributed by atoms with E-state index >= 15 is 0 Å². The van der Waals surface area contributed by atoms with Gasteiger partial charge in [0.05, 0.1) is 0 Å². The third-order valence-corrected chi connectivity index (χ3v) is 3.45. The molecule has 0 atom stereocenters. The van der Waals surface area contributed by atoms with Gasteiger partial charge in [0.25, 0.3) is 5.91 Å². The summed E-state index contributed by atoms with van der Waals surface area (Å²) in [6.07, 6.45) is 0. The van der Waals surface area contributed by atoms with Crippen molar-refractivity contribution in [3.8, 4) is 11.1 Å². The third kappa shape index (κ3) is 4.17. The monoisotopic (exact) mass is 282 g/mol. The van der Waals surface area contributed by atoms with E-state index in [1.54, 1.807) is 4.90 Å². The minimum Gasteiger partial charge on any atom is -0.340 e. The van der Waals surface area contributed by atoms with Crippen molar-refractivity contribution in [3.63, 3.8) is 0 Å². The molecular weight excluding hydrogens is 260 g/mol. The molecule has 0 N–H and O–H groups in total. The molecule has 3 heteroatoms. The Morgan fingerprint density at radius 3 is 2.19 bits per heavy atom. The highest BCUT2D eigenvalue weighted by Gasteiger charge is 2.12. The summed E-state index contributed by atoms with van der Waals surface area (Å²) in [5, 5.41) is 0. The molecule has 0 radical (unpaired) electrons. The molecule has 0 aromatic heterocycles. The van der Waals surface area contributed by atoms with Crippen molar-refractivity contribution in [2.45, 2.75) is 0 Å². The lowest BCUT2D eigenvalue weighted by molar-refractivity contribution is 0.0786. The van der Waals surface area contributed by atoms with Crippen molar-refractivity contribution < 1.29 is 4.79 Å². The standard InChI is InChI=1S/C18H22N2O/c1-19(2)12-13-20(3)18(21)17-11-7-10-16(14-17)15-8-5-4-6-9-15/h4-11,14H,12-13H2,1-3H3. The highest BCUT2D eigenvalue weighted by molar-refractivity contribution is 5.95. The summed E-state index contributed by atoms with van der Waals surface area (Å²) in [4.78, 5) is 16.3. The van der Waals surface area contributed by atoms with Crippen LogP contribution in [-0.4, -0.2) is 49.9 Å². The Labute approximate surface area is 126 Å². The first-order valence-electron chi connectivity index (χ1n) is 7.13. The Balaban J connectivity index is 2.15. The smallest absolute Gasteiger partial charge is 0.253 e. The molecule has 0 bridgehead atoms. The van der Waals surface area contributed by atoms with Crippen LogP contribution in [0.25, 0.3) is 11.1 Å². The van der Waals surface area contributed by atoms with Gasteiger partial charge in [-0.15, -0.1) is 0 Å². The van der Waals surface area contributed by atoms with Gasteiger partial charge in [-0.2, -0.15) is 0 Å². The summed E-state index contributed by atoms with van der Waals surface area (Å²) in [7, 11) is 5.86. The highest BCUT2D eigenvalue weighted by Crippen LogP contribution is 2.20. The van der Waals surface area contributed by atoms with E-state index in [-0.39, 0.29) is 5.91 Å². The average Bonchev–Trinajstić information content (AvgIpc) is 2.52. The summed E-state index contributed by atoms with van der Waals surface area (Å²) < 4.78 is 0. The lowest BCUT2D eigenvalue weighted by Gasteiger charge is -2.20. The van der Waals surface area contributed by atoms with Gasteiger partial charge in [0.1, 0.15) is 0 Å². The number of hydrogen-bond acceptors (Lipinski definition) is 2. The lowest BCUT2D eigenvalue weighted by Crippen LogP contribution is -2.33. The summed E-state index contributed by atoms with van der Waals surface area (Å²) in [6.45, 7) is 1.59. The van der Waals surface area contributed by atoms with Gasteiger partial charge in [-0.3, -0.25) is 4.79 Å². The van der Waals surface area contributed by atoms with Gasteiger partial charge >= 0.3 is 0 Å². The van der Waals surface area contributed by atoms with Crippen molar-refractivity contribution in [2.75, 3.05) is 34.2 Å². The molecule has 3 nitrogen and oxygen atoms in total. The van der Waals surface area contributed by atoms with Crippen molar-refractivity contribution in [3.05, 3.63) is 60.2 Å². The van der Waals surface area contributed by atoms with Crippen LogP contribution in [0.2, 0.25) is 0 Å². The Kier molecular flexibility index (Phi) is 5.12. The molecule has 110 valence electrons. The number of rotatable bonds is 5. The normalized spacial score (nSPS) is 10.7. The molecule has 2 aromatic carbocycles. The summed E-state index contributed by atoms with van der Waals surface area (Å²) in [6, 6.07) is 17.9. The Morgan fingerprint density at radius 1 is 0.857 bits per heavy atom. The number of likely N-dealkylation sites (N-methyl/N-ethyl adjacent to an activating group) is 2. The molecule has 0 saturated carbocycles. The molecule has 0 aliphatic carbocycles. The Hall–Kier alpha value is -2.13. The van der Waals surface area contributed by atoms with Crippen LogP contribution >= 0.6 is 0 Å². The zero-order valence-corrected chi connectivity index (χ0v) is 12.9. The third-order valence-electron chi connectivity index (χ3n) is 3.45. The number of carbonyl (C=O) groups is 1. The van der Waals surface area contributed by atoms with E-state index in [1.807, 2.05) is 63.6 Å². The van der Waals surface area contributed by atoms with Crippen molar-refractivity contribution >= 4 is 5.91 Å². The second-order valence-electron chi connectivity index (χ2n) is 5.48. The molecule has 2 aromatic rings. The molecule has 21 heavy (non-hydrogen) atoms. The first kappa shape index (κ1) is 15.3. The fraction of sp³-hybridized carbons (Fsp3) is 0.278. The van der Waals surface area contributed by atoms with Crippen LogP contribution in [0.4, 0.5) is 0 Å². The van der Waals surface area contributed by atoms with Crippen molar-refractivity contribution in [1.29, 1.82) is 0 Å². The van der Waals surface area contributed by atoms with Crippen LogP contribution in [0.15, 0.2) is 54.6 Å². The predicted octanol–water partition coefficient (Wildman–Crippen LogP) is 2.99. The van der Waals surface area contributed by atoms with Gasteiger partial charge in [-0.25, -0.2) is 0 Å². The number of benzene rings is 2. The van der Waals surface area contributed by atoms with E-state index in [9.17, 15) is 4.79 Å². The number of carbonyl (C=O) groups excluding carboxylic acids is 1.